The number of rotatable bonds is 8. The minimum Gasteiger partial charge on any atom is -0.0942 e. The van der Waals surface area contributed by atoms with Gasteiger partial charge in [0.05, 0.1) is 5.41 Å². The van der Waals surface area contributed by atoms with Crippen LogP contribution in [0.2, 0.25) is 0 Å². The van der Waals surface area contributed by atoms with Gasteiger partial charge < -0.3 is 0 Å². The van der Waals surface area contributed by atoms with Crippen LogP contribution in [-0.4, -0.2) is 0 Å². The molecule has 0 heterocycles. The SMILES string of the molecule is C=C1/C=C\C=C/Cc2c(/C=C/c3ccc(C(C)=C(C)C)c(C(CC)CC)c3)cccc2C1(c1ccccc1)c1ccccc1. The summed E-state index contributed by atoms with van der Waals surface area (Å²) in [7, 11) is 0. The van der Waals surface area contributed by atoms with Gasteiger partial charge >= 0.3 is 0 Å². The third-order valence-electron chi connectivity index (χ3n) is 9.49. The molecule has 4 aromatic carbocycles. The number of fused-ring (bicyclic) bond motifs is 1. The molecule has 0 spiro atoms. The number of hydrogen-bond donors (Lipinski definition) is 0. The summed E-state index contributed by atoms with van der Waals surface area (Å²) in [4.78, 5) is 0. The molecule has 5 rings (SSSR count). The number of hydrogen-bond acceptors (Lipinski definition) is 0. The Kier molecular flexibility index (Phi) is 9.81. The summed E-state index contributed by atoms with van der Waals surface area (Å²) in [6.45, 7) is 16.0. The first-order valence-corrected chi connectivity index (χ1v) is 16.1. The zero-order chi connectivity index (χ0) is 31.1. The molecule has 0 amide bonds. The van der Waals surface area contributed by atoms with E-state index in [1.807, 2.05) is 0 Å². The molecule has 0 atom stereocenters. The van der Waals surface area contributed by atoms with Gasteiger partial charge in [0.2, 0.25) is 0 Å². The van der Waals surface area contributed by atoms with Gasteiger partial charge in [-0.1, -0.05) is 160 Å². The highest BCUT2D eigenvalue weighted by Gasteiger charge is 2.40. The van der Waals surface area contributed by atoms with Gasteiger partial charge in [-0.15, -0.1) is 0 Å². The summed E-state index contributed by atoms with van der Waals surface area (Å²) in [6, 6.07) is 35.6. The fraction of sp³-hybridized carbons (Fsp3) is 0.227. The Morgan fingerprint density at radius 2 is 1.43 bits per heavy atom. The van der Waals surface area contributed by atoms with Gasteiger partial charge in [-0.3, -0.25) is 0 Å². The molecule has 44 heavy (non-hydrogen) atoms. The van der Waals surface area contributed by atoms with Crippen molar-refractivity contribution in [1.29, 1.82) is 0 Å². The summed E-state index contributed by atoms with van der Waals surface area (Å²) >= 11 is 0. The summed E-state index contributed by atoms with van der Waals surface area (Å²) in [5.41, 5.74) is 13.7. The second-order valence-electron chi connectivity index (χ2n) is 12.2. The molecule has 0 aromatic heterocycles. The molecule has 0 saturated heterocycles. The van der Waals surface area contributed by atoms with Crippen molar-refractivity contribution in [1.82, 2.24) is 0 Å². The minimum absolute atomic E-state index is 0.517. The summed E-state index contributed by atoms with van der Waals surface area (Å²) in [5.74, 6) is 0.550. The van der Waals surface area contributed by atoms with Crippen LogP contribution in [0.4, 0.5) is 0 Å². The molecule has 0 nitrogen and oxygen atoms in total. The van der Waals surface area contributed by atoms with E-state index in [0.717, 1.165) is 24.8 Å². The fourth-order valence-electron chi connectivity index (χ4n) is 6.85. The molecule has 4 aromatic rings. The third kappa shape index (κ3) is 6.00. The third-order valence-corrected chi connectivity index (χ3v) is 9.49. The normalized spacial score (nSPS) is 15.7. The molecule has 0 unspecified atom stereocenters. The topological polar surface area (TPSA) is 0 Å². The van der Waals surface area contributed by atoms with Crippen LogP contribution >= 0.6 is 0 Å². The van der Waals surface area contributed by atoms with E-state index in [1.165, 1.54) is 55.7 Å². The molecule has 1 aliphatic carbocycles. The van der Waals surface area contributed by atoms with Crippen LogP contribution in [0, 0.1) is 0 Å². The largest absolute Gasteiger partial charge is 0.0942 e. The van der Waals surface area contributed by atoms with Crippen molar-refractivity contribution in [3.05, 3.63) is 184 Å². The van der Waals surface area contributed by atoms with E-state index in [4.69, 9.17) is 6.58 Å². The van der Waals surface area contributed by atoms with Gasteiger partial charge in [0, 0.05) is 0 Å². The van der Waals surface area contributed by atoms with E-state index in [9.17, 15) is 0 Å². The molecule has 0 N–H and O–H groups in total. The zero-order valence-electron chi connectivity index (χ0n) is 27.1. The van der Waals surface area contributed by atoms with Gasteiger partial charge in [-0.25, -0.2) is 0 Å². The standard InChI is InChI=1S/C44H46/c1-7-36(8-2)42-31-35(28-30-40(42)34(6)32(3)4)27-29-37-20-18-26-43-41(37)25-17-9-12-19-33(5)44(43,38-21-13-10-14-22-38)39-23-15-11-16-24-39/h9-24,26-31,36H,5,7-8,25H2,1-4,6H3/b17-9-,19-12-,29-27+. The molecule has 0 saturated carbocycles. The molecule has 0 radical (unpaired) electrons. The molecule has 1 aliphatic rings. The monoisotopic (exact) mass is 574 g/mol. The van der Waals surface area contributed by atoms with Crippen molar-refractivity contribution in [2.45, 2.75) is 65.2 Å². The Morgan fingerprint density at radius 1 is 0.773 bits per heavy atom. The van der Waals surface area contributed by atoms with E-state index in [1.54, 1.807) is 0 Å². The Balaban J connectivity index is 1.71. The first-order chi connectivity index (χ1) is 21.4. The molecule has 0 aliphatic heterocycles. The summed E-state index contributed by atoms with van der Waals surface area (Å²) < 4.78 is 0. The van der Waals surface area contributed by atoms with Crippen molar-refractivity contribution in [2.24, 2.45) is 0 Å². The van der Waals surface area contributed by atoms with Gasteiger partial charge in [-0.05, 0) is 102 Å². The van der Waals surface area contributed by atoms with E-state index in [-0.39, 0.29) is 0 Å². The van der Waals surface area contributed by atoms with Crippen LogP contribution in [0.1, 0.15) is 97.9 Å². The van der Waals surface area contributed by atoms with Crippen LogP contribution in [0.25, 0.3) is 17.7 Å². The van der Waals surface area contributed by atoms with Crippen LogP contribution in [-0.2, 0) is 11.8 Å². The Hall–Kier alpha value is -4.42. The first kappa shape index (κ1) is 31.0. The van der Waals surface area contributed by atoms with Crippen LogP contribution in [0.5, 0.6) is 0 Å². The van der Waals surface area contributed by atoms with E-state index < -0.39 is 5.41 Å². The van der Waals surface area contributed by atoms with Gasteiger partial charge in [0.25, 0.3) is 0 Å². The number of benzene rings is 4. The maximum atomic E-state index is 4.72. The molecular formula is C44H46. The van der Waals surface area contributed by atoms with Crippen molar-refractivity contribution in [3.8, 4) is 0 Å². The van der Waals surface area contributed by atoms with E-state index in [0.29, 0.717) is 5.92 Å². The summed E-state index contributed by atoms with van der Waals surface area (Å²) in [5, 5.41) is 0. The van der Waals surface area contributed by atoms with E-state index in [2.05, 4.69) is 168 Å². The van der Waals surface area contributed by atoms with Crippen LogP contribution < -0.4 is 0 Å². The zero-order valence-corrected chi connectivity index (χ0v) is 27.1. The molecule has 0 bridgehead atoms. The molecule has 222 valence electrons. The smallest absolute Gasteiger partial charge is 0.0698 e. The Labute approximate surface area is 265 Å². The molecule has 0 heteroatoms. The highest BCUT2D eigenvalue weighted by molar-refractivity contribution is 5.77. The average Bonchev–Trinajstić information content (AvgIpc) is 3.12. The van der Waals surface area contributed by atoms with Crippen molar-refractivity contribution in [3.63, 3.8) is 0 Å². The lowest BCUT2D eigenvalue weighted by atomic mass is 9.63. The molecular weight excluding hydrogens is 528 g/mol. The van der Waals surface area contributed by atoms with E-state index >= 15 is 0 Å². The Bertz CT molecular complexity index is 1680. The highest BCUT2D eigenvalue weighted by Crippen LogP contribution is 2.47. The van der Waals surface area contributed by atoms with Gasteiger partial charge in [0.1, 0.15) is 0 Å². The second-order valence-corrected chi connectivity index (χ2v) is 12.2. The lowest BCUT2D eigenvalue weighted by Crippen LogP contribution is -2.32. The van der Waals surface area contributed by atoms with Gasteiger partial charge in [-0.2, -0.15) is 0 Å². The molecule has 0 fully saturated rings. The Morgan fingerprint density at radius 3 is 2.05 bits per heavy atom. The number of allylic oxidation sites excluding steroid dienone is 7. The maximum absolute atomic E-state index is 4.72. The van der Waals surface area contributed by atoms with Crippen LogP contribution in [0.3, 0.4) is 0 Å². The predicted octanol–water partition coefficient (Wildman–Crippen LogP) is 12.1. The second kappa shape index (κ2) is 13.9. The lowest BCUT2D eigenvalue weighted by Gasteiger charge is -2.38. The lowest BCUT2D eigenvalue weighted by molar-refractivity contribution is 0.640. The van der Waals surface area contributed by atoms with Crippen molar-refractivity contribution < 1.29 is 0 Å². The van der Waals surface area contributed by atoms with Crippen LogP contribution in [0.15, 0.2) is 139 Å². The van der Waals surface area contributed by atoms with Crippen molar-refractivity contribution in [2.75, 3.05) is 0 Å². The van der Waals surface area contributed by atoms with Gasteiger partial charge in [0.15, 0.2) is 0 Å². The quantitative estimate of drug-likeness (QED) is 0.184. The predicted molar refractivity (Wildman–Crippen MR) is 193 cm³/mol. The average molecular weight is 575 g/mol. The van der Waals surface area contributed by atoms with Crippen molar-refractivity contribution >= 4 is 17.7 Å². The summed E-state index contributed by atoms with van der Waals surface area (Å²) in [6.07, 6.45) is 16.5. The fourth-order valence-corrected chi connectivity index (χ4v) is 6.85. The maximum Gasteiger partial charge on any atom is 0.0698 e. The first-order valence-electron chi connectivity index (χ1n) is 16.1. The highest BCUT2D eigenvalue weighted by atomic mass is 14.4. The minimum atomic E-state index is -0.517.